The van der Waals surface area contributed by atoms with Crippen LogP contribution in [0.2, 0.25) is 5.02 Å². The molecule has 168 valence electrons. The molecule has 0 spiro atoms. The van der Waals surface area contributed by atoms with Crippen LogP contribution in [0.4, 0.5) is 14.5 Å². The summed E-state index contributed by atoms with van der Waals surface area (Å²) in [4.78, 5) is 16.2. The molecule has 33 heavy (non-hydrogen) atoms. The summed E-state index contributed by atoms with van der Waals surface area (Å²) in [6, 6.07) is 13.3. The number of hydrazone groups is 1. The molecule has 2 heterocycles. The summed E-state index contributed by atoms with van der Waals surface area (Å²) in [5.41, 5.74) is 4.30. The molecule has 0 unspecified atom stereocenters. The molecule has 1 aliphatic rings. The SMILES string of the molecule is C=C(c1cc(Cl)cc(OC(F)F)c1)N(/N=C(\C)c1cccc2c1CNC2=O)c1cccnc1. The Balaban J connectivity index is 1.77. The second-order valence-corrected chi connectivity index (χ2v) is 7.66. The fourth-order valence-electron chi connectivity index (χ4n) is 3.57. The zero-order valence-electron chi connectivity index (χ0n) is 17.6. The number of ether oxygens (including phenoxy) is 1. The summed E-state index contributed by atoms with van der Waals surface area (Å²) in [6.45, 7) is 3.36. The van der Waals surface area contributed by atoms with E-state index >= 15 is 0 Å². The first-order chi connectivity index (χ1) is 15.8. The zero-order chi connectivity index (χ0) is 23.5. The number of carbonyl (C=O) groups excluding carboxylic acids is 1. The zero-order valence-corrected chi connectivity index (χ0v) is 18.3. The van der Waals surface area contributed by atoms with E-state index in [9.17, 15) is 13.6 Å². The predicted molar refractivity (Wildman–Crippen MR) is 124 cm³/mol. The number of carbonyl (C=O) groups is 1. The van der Waals surface area contributed by atoms with Gasteiger partial charge in [0.05, 0.1) is 23.3 Å². The summed E-state index contributed by atoms with van der Waals surface area (Å²) >= 11 is 6.14. The first-order valence-electron chi connectivity index (χ1n) is 9.94. The van der Waals surface area contributed by atoms with Gasteiger partial charge in [-0.1, -0.05) is 30.3 Å². The second kappa shape index (κ2) is 9.38. The van der Waals surface area contributed by atoms with Crippen molar-refractivity contribution in [1.29, 1.82) is 0 Å². The lowest BCUT2D eigenvalue weighted by atomic mass is 10.0. The molecule has 6 nitrogen and oxygen atoms in total. The molecular weight excluding hydrogens is 450 g/mol. The standard InChI is InChI=1S/C24H19ClF2N4O2/c1-14(20-6-3-7-21-22(20)13-29-23(21)32)30-31(18-5-4-8-28-12-18)15(2)16-9-17(25)11-19(10-16)33-24(26)27/h3-12,24H,2,13H2,1H3,(H,29,32)/b30-14+. The number of nitrogens with one attached hydrogen (secondary N) is 1. The summed E-state index contributed by atoms with van der Waals surface area (Å²) in [7, 11) is 0. The first-order valence-corrected chi connectivity index (χ1v) is 10.3. The maximum atomic E-state index is 12.7. The van der Waals surface area contributed by atoms with E-state index in [1.165, 1.54) is 12.1 Å². The summed E-state index contributed by atoms with van der Waals surface area (Å²) < 4.78 is 30.0. The smallest absolute Gasteiger partial charge is 0.387 e. The number of halogens is 3. The number of nitrogens with zero attached hydrogens (tertiary/aromatic N) is 3. The number of hydrogen-bond acceptors (Lipinski definition) is 5. The topological polar surface area (TPSA) is 66.8 Å². The highest BCUT2D eigenvalue weighted by atomic mass is 35.5. The van der Waals surface area contributed by atoms with Gasteiger partial charge in [0.25, 0.3) is 5.91 Å². The highest BCUT2D eigenvalue weighted by molar-refractivity contribution is 6.31. The van der Waals surface area contributed by atoms with Crippen LogP contribution in [0, 0.1) is 0 Å². The van der Waals surface area contributed by atoms with Gasteiger partial charge in [0.15, 0.2) is 0 Å². The van der Waals surface area contributed by atoms with Crippen LogP contribution >= 0.6 is 11.6 Å². The van der Waals surface area contributed by atoms with Gasteiger partial charge in [0, 0.05) is 34.5 Å². The van der Waals surface area contributed by atoms with Crippen molar-refractivity contribution >= 4 is 34.6 Å². The van der Waals surface area contributed by atoms with Crippen LogP contribution in [0.1, 0.15) is 34.0 Å². The van der Waals surface area contributed by atoms with Crippen LogP contribution < -0.4 is 15.1 Å². The van der Waals surface area contributed by atoms with E-state index in [0.29, 0.717) is 34.8 Å². The van der Waals surface area contributed by atoms with E-state index in [1.54, 1.807) is 47.7 Å². The van der Waals surface area contributed by atoms with Crippen LogP contribution in [0.15, 0.2) is 72.6 Å². The van der Waals surface area contributed by atoms with Gasteiger partial charge in [-0.05, 0) is 48.9 Å². The van der Waals surface area contributed by atoms with Crippen molar-refractivity contribution in [2.24, 2.45) is 5.10 Å². The van der Waals surface area contributed by atoms with E-state index in [4.69, 9.17) is 16.7 Å². The molecule has 1 aliphatic heterocycles. The minimum atomic E-state index is -2.99. The maximum absolute atomic E-state index is 12.7. The largest absolute Gasteiger partial charge is 0.435 e. The lowest BCUT2D eigenvalue weighted by molar-refractivity contribution is -0.0498. The van der Waals surface area contributed by atoms with Gasteiger partial charge in [-0.2, -0.15) is 13.9 Å². The third kappa shape index (κ3) is 4.85. The van der Waals surface area contributed by atoms with E-state index in [0.717, 1.165) is 11.1 Å². The van der Waals surface area contributed by atoms with E-state index in [2.05, 4.69) is 21.6 Å². The average Bonchev–Trinajstić information content (AvgIpc) is 3.17. The molecule has 1 amide bonds. The molecule has 0 fully saturated rings. The molecule has 3 aromatic rings. The third-order valence-electron chi connectivity index (χ3n) is 5.06. The van der Waals surface area contributed by atoms with E-state index in [1.807, 2.05) is 13.0 Å². The molecule has 1 aromatic heterocycles. The van der Waals surface area contributed by atoms with Crippen molar-refractivity contribution in [3.05, 3.63) is 94.8 Å². The molecule has 0 saturated heterocycles. The molecule has 0 atom stereocenters. The van der Waals surface area contributed by atoms with Gasteiger partial charge >= 0.3 is 6.61 Å². The fraction of sp³-hybridized carbons (Fsp3) is 0.125. The summed E-state index contributed by atoms with van der Waals surface area (Å²) in [6.07, 6.45) is 3.22. The van der Waals surface area contributed by atoms with Gasteiger partial charge in [-0.25, -0.2) is 5.01 Å². The number of aromatic nitrogens is 1. The average molecular weight is 469 g/mol. The van der Waals surface area contributed by atoms with Crippen LogP contribution in [-0.2, 0) is 6.54 Å². The van der Waals surface area contributed by atoms with Gasteiger partial charge in [-0.15, -0.1) is 0 Å². The molecule has 4 rings (SSSR count). The van der Waals surface area contributed by atoms with Crippen molar-refractivity contribution in [3.8, 4) is 5.75 Å². The van der Waals surface area contributed by atoms with Crippen molar-refractivity contribution < 1.29 is 18.3 Å². The summed E-state index contributed by atoms with van der Waals surface area (Å²) in [5.74, 6) is -0.218. The minimum Gasteiger partial charge on any atom is -0.435 e. The lowest BCUT2D eigenvalue weighted by Crippen LogP contribution is -2.18. The Kier molecular flexibility index (Phi) is 6.37. The van der Waals surface area contributed by atoms with E-state index < -0.39 is 6.61 Å². The van der Waals surface area contributed by atoms with Crippen molar-refractivity contribution in [3.63, 3.8) is 0 Å². The first kappa shape index (κ1) is 22.4. The Bertz CT molecular complexity index is 1250. The van der Waals surface area contributed by atoms with Gasteiger partial charge < -0.3 is 10.1 Å². The lowest BCUT2D eigenvalue weighted by Gasteiger charge is -2.23. The number of benzene rings is 2. The van der Waals surface area contributed by atoms with Crippen molar-refractivity contribution in [2.75, 3.05) is 5.01 Å². The minimum absolute atomic E-state index is 0.0917. The number of fused-ring (bicyclic) bond motifs is 1. The molecule has 1 N–H and O–H groups in total. The number of pyridine rings is 1. The Hall–Kier alpha value is -3.78. The Morgan fingerprint density at radius 3 is 2.82 bits per heavy atom. The summed E-state index contributed by atoms with van der Waals surface area (Å²) in [5, 5.41) is 9.33. The van der Waals surface area contributed by atoms with Crippen molar-refractivity contribution in [2.45, 2.75) is 20.1 Å². The van der Waals surface area contributed by atoms with Crippen LogP contribution in [0.25, 0.3) is 5.70 Å². The Labute approximate surface area is 194 Å². The number of anilines is 1. The highest BCUT2D eigenvalue weighted by Gasteiger charge is 2.23. The number of amides is 1. The van der Waals surface area contributed by atoms with Gasteiger partial charge in [0.1, 0.15) is 5.75 Å². The normalized spacial score (nSPS) is 13.0. The van der Waals surface area contributed by atoms with Crippen LogP contribution in [0.5, 0.6) is 5.75 Å². The van der Waals surface area contributed by atoms with Crippen molar-refractivity contribution in [1.82, 2.24) is 10.3 Å². The highest BCUT2D eigenvalue weighted by Crippen LogP contribution is 2.31. The second-order valence-electron chi connectivity index (χ2n) is 7.22. The quantitative estimate of drug-likeness (QED) is 0.368. The molecule has 0 aliphatic carbocycles. The monoisotopic (exact) mass is 468 g/mol. The van der Waals surface area contributed by atoms with E-state index in [-0.39, 0.29) is 16.7 Å². The number of hydrogen-bond donors (Lipinski definition) is 1. The molecule has 9 heteroatoms. The van der Waals surface area contributed by atoms with Gasteiger partial charge in [-0.3, -0.25) is 9.78 Å². The molecule has 0 saturated carbocycles. The fourth-order valence-corrected chi connectivity index (χ4v) is 3.80. The molecular formula is C24H19ClF2N4O2. The third-order valence-corrected chi connectivity index (χ3v) is 5.28. The predicted octanol–water partition coefficient (Wildman–Crippen LogP) is 5.48. The van der Waals surface area contributed by atoms with Crippen LogP contribution in [0.3, 0.4) is 0 Å². The number of alkyl halides is 2. The molecule has 0 radical (unpaired) electrons. The molecule has 2 aromatic carbocycles. The van der Waals surface area contributed by atoms with Crippen LogP contribution in [-0.4, -0.2) is 23.2 Å². The molecule has 0 bridgehead atoms. The maximum Gasteiger partial charge on any atom is 0.387 e. The van der Waals surface area contributed by atoms with Gasteiger partial charge in [0.2, 0.25) is 0 Å². The Morgan fingerprint density at radius 1 is 1.27 bits per heavy atom. The Morgan fingerprint density at radius 2 is 2.09 bits per heavy atom. The number of rotatable bonds is 7.